The van der Waals surface area contributed by atoms with Gasteiger partial charge in [-0.25, -0.2) is 4.39 Å². The third kappa shape index (κ3) is 5.43. The van der Waals surface area contributed by atoms with Gasteiger partial charge >= 0.3 is 0 Å². The van der Waals surface area contributed by atoms with Gasteiger partial charge in [0.05, 0.1) is 6.54 Å². The standard InChI is InChI=1S/C20H30FN7/c1-3-19-26-24-15-28(19)13-10-23-20(22-4-2)25-17-8-11-27(12-9-17)18-7-5-6-16(21)14-18/h5-7,14-15,17H,3-4,8-13H2,1-2H3,(H2,22,23,25). The van der Waals surface area contributed by atoms with Crippen molar-refractivity contribution in [1.29, 1.82) is 0 Å². The molecule has 1 aliphatic rings. The number of hydrogen-bond donors (Lipinski definition) is 2. The van der Waals surface area contributed by atoms with Crippen LogP contribution in [0.3, 0.4) is 0 Å². The van der Waals surface area contributed by atoms with Crippen molar-refractivity contribution in [3.63, 3.8) is 0 Å². The number of guanidine groups is 1. The second kappa shape index (κ2) is 10.1. The molecule has 0 radical (unpaired) electrons. The lowest BCUT2D eigenvalue weighted by Gasteiger charge is -2.34. The van der Waals surface area contributed by atoms with Crippen molar-refractivity contribution in [2.45, 2.75) is 45.7 Å². The lowest BCUT2D eigenvalue weighted by atomic mass is 10.0. The molecule has 2 aromatic rings. The largest absolute Gasteiger partial charge is 0.371 e. The third-order valence-corrected chi connectivity index (χ3v) is 4.98. The van der Waals surface area contributed by atoms with Crippen LogP contribution in [0.1, 0.15) is 32.5 Å². The lowest BCUT2D eigenvalue weighted by Crippen LogP contribution is -2.48. The lowest BCUT2D eigenvalue weighted by molar-refractivity contribution is 0.461. The molecule has 7 nitrogen and oxygen atoms in total. The van der Waals surface area contributed by atoms with Crippen LogP contribution in [0.2, 0.25) is 0 Å². The Morgan fingerprint density at radius 2 is 2.11 bits per heavy atom. The van der Waals surface area contributed by atoms with Crippen LogP contribution in [0, 0.1) is 5.82 Å². The maximum absolute atomic E-state index is 13.5. The fourth-order valence-corrected chi connectivity index (χ4v) is 3.48. The minimum Gasteiger partial charge on any atom is -0.371 e. The molecule has 1 saturated heterocycles. The molecule has 0 unspecified atom stereocenters. The summed E-state index contributed by atoms with van der Waals surface area (Å²) in [4.78, 5) is 6.94. The molecule has 1 aliphatic heterocycles. The highest BCUT2D eigenvalue weighted by Gasteiger charge is 2.20. The minimum absolute atomic E-state index is 0.182. The zero-order valence-electron chi connectivity index (χ0n) is 16.7. The molecule has 0 aliphatic carbocycles. The highest BCUT2D eigenvalue weighted by atomic mass is 19.1. The Kier molecular flexibility index (Phi) is 7.22. The van der Waals surface area contributed by atoms with Crippen LogP contribution >= 0.6 is 0 Å². The molecule has 0 atom stereocenters. The van der Waals surface area contributed by atoms with Gasteiger partial charge < -0.3 is 20.1 Å². The number of rotatable bonds is 7. The van der Waals surface area contributed by atoms with Gasteiger partial charge in [-0.3, -0.25) is 4.99 Å². The number of aliphatic imine (C=N–C) groups is 1. The van der Waals surface area contributed by atoms with E-state index in [-0.39, 0.29) is 5.82 Å². The molecule has 0 saturated carbocycles. The first-order chi connectivity index (χ1) is 13.7. The van der Waals surface area contributed by atoms with E-state index in [0.29, 0.717) is 12.6 Å². The van der Waals surface area contributed by atoms with E-state index in [1.807, 2.05) is 10.6 Å². The monoisotopic (exact) mass is 387 g/mol. The number of anilines is 1. The Morgan fingerprint density at radius 3 is 2.82 bits per heavy atom. The summed E-state index contributed by atoms with van der Waals surface area (Å²) >= 11 is 0. The molecule has 1 aromatic heterocycles. The Bertz CT molecular complexity index is 765. The van der Waals surface area contributed by atoms with Crippen LogP contribution < -0.4 is 15.5 Å². The predicted octanol–water partition coefficient (Wildman–Crippen LogP) is 2.20. The summed E-state index contributed by atoms with van der Waals surface area (Å²) in [6, 6.07) is 7.20. The smallest absolute Gasteiger partial charge is 0.191 e. The van der Waals surface area contributed by atoms with Gasteiger partial charge in [0, 0.05) is 44.3 Å². The molecular formula is C20H30FN7. The van der Waals surface area contributed by atoms with E-state index in [4.69, 9.17) is 4.99 Å². The van der Waals surface area contributed by atoms with Gasteiger partial charge in [0.2, 0.25) is 0 Å². The molecule has 8 heteroatoms. The van der Waals surface area contributed by atoms with Crippen LogP contribution in [0.4, 0.5) is 10.1 Å². The molecule has 28 heavy (non-hydrogen) atoms. The predicted molar refractivity (Wildman–Crippen MR) is 110 cm³/mol. The van der Waals surface area contributed by atoms with Crippen LogP contribution in [-0.2, 0) is 13.0 Å². The summed E-state index contributed by atoms with van der Waals surface area (Å²) in [5.74, 6) is 1.65. The number of piperidine rings is 1. The third-order valence-electron chi connectivity index (χ3n) is 4.98. The topological polar surface area (TPSA) is 70.4 Å². The first kappa shape index (κ1) is 20.1. The van der Waals surface area contributed by atoms with Crippen molar-refractivity contribution in [2.75, 3.05) is 31.1 Å². The van der Waals surface area contributed by atoms with E-state index in [2.05, 4.69) is 39.6 Å². The van der Waals surface area contributed by atoms with Crippen LogP contribution in [0.5, 0.6) is 0 Å². The van der Waals surface area contributed by atoms with Crippen molar-refractivity contribution in [2.24, 2.45) is 4.99 Å². The van der Waals surface area contributed by atoms with E-state index in [0.717, 1.165) is 62.9 Å². The Balaban J connectivity index is 1.50. The first-order valence-electron chi connectivity index (χ1n) is 10.1. The molecule has 152 valence electrons. The van der Waals surface area contributed by atoms with Gasteiger partial charge in [-0.05, 0) is 38.0 Å². The average molecular weight is 388 g/mol. The van der Waals surface area contributed by atoms with Gasteiger partial charge in [0.25, 0.3) is 0 Å². The summed E-state index contributed by atoms with van der Waals surface area (Å²) in [6.07, 6.45) is 4.61. The Hall–Kier alpha value is -2.64. The van der Waals surface area contributed by atoms with E-state index in [1.165, 1.54) is 6.07 Å². The average Bonchev–Trinajstić information content (AvgIpc) is 3.16. The summed E-state index contributed by atoms with van der Waals surface area (Å²) < 4.78 is 15.5. The zero-order chi connectivity index (χ0) is 19.8. The fraction of sp³-hybridized carbons (Fsp3) is 0.550. The Morgan fingerprint density at radius 1 is 1.29 bits per heavy atom. The van der Waals surface area contributed by atoms with Crippen molar-refractivity contribution in [3.05, 3.63) is 42.2 Å². The first-order valence-corrected chi connectivity index (χ1v) is 10.1. The molecule has 3 rings (SSSR count). The molecule has 0 bridgehead atoms. The molecule has 1 fully saturated rings. The number of hydrogen-bond acceptors (Lipinski definition) is 4. The van der Waals surface area contributed by atoms with Crippen molar-refractivity contribution >= 4 is 11.6 Å². The maximum atomic E-state index is 13.5. The van der Waals surface area contributed by atoms with E-state index >= 15 is 0 Å². The number of aromatic nitrogens is 3. The molecule has 0 spiro atoms. The number of aryl methyl sites for hydroxylation is 1. The second-order valence-corrected chi connectivity index (χ2v) is 6.94. The van der Waals surface area contributed by atoms with Gasteiger partial charge in [0.15, 0.2) is 5.96 Å². The highest BCUT2D eigenvalue weighted by Crippen LogP contribution is 2.20. The molecule has 2 N–H and O–H groups in total. The number of halogens is 1. The zero-order valence-corrected chi connectivity index (χ0v) is 16.7. The summed E-state index contributed by atoms with van der Waals surface area (Å²) in [6.45, 7) is 8.21. The van der Waals surface area contributed by atoms with E-state index in [9.17, 15) is 4.39 Å². The molecule has 0 amide bonds. The number of benzene rings is 1. The summed E-state index contributed by atoms with van der Waals surface area (Å²) in [5.41, 5.74) is 0.958. The Labute approximate surface area is 166 Å². The van der Waals surface area contributed by atoms with E-state index in [1.54, 1.807) is 18.5 Å². The van der Waals surface area contributed by atoms with Gasteiger partial charge in [-0.1, -0.05) is 13.0 Å². The quantitative estimate of drug-likeness (QED) is 0.563. The summed E-state index contributed by atoms with van der Waals surface area (Å²) in [7, 11) is 0. The number of nitrogens with zero attached hydrogens (tertiary/aromatic N) is 5. The van der Waals surface area contributed by atoms with Gasteiger partial charge in [-0.15, -0.1) is 10.2 Å². The number of nitrogens with one attached hydrogen (secondary N) is 2. The van der Waals surface area contributed by atoms with Gasteiger partial charge in [-0.2, -0.15) is 0 Å². The van der Waals surface area contributed by atoms with Crippen LogP contribution in [0.15, 0.2) is 35.6 Å². The molecule has 1 aromatic carbocycles. The van der Waals surface area contributed by atoms with Crippen molar-refractivity contribution in [3.8, 4) is 0 Å². The van der Waals surface area contributed by atoms with Crippen LogP contribution in [-0.4, -0.2) is 52.9 Å². The summed E-state index contributed by atoms with van der Waals surface area (Å²) in [5, 5.41) is 14.9. The molecule has 2 heterocycles. The highest BCUT2D eigenvalue weighted by molar-refractivity contribution is 5.80. The van der Waals surface area contributed by atoms with Crippen LogP contribution in [0.25, 0.3) is 0 Å². The van der Waals surface area contributed by atoms with Crippen molar-refractivity contribution < 1.29 is 4.39 Å². The molecular weight excluding hydrogens is 357 g/mol. The minimum atomic E-state index is -0.182. The van der Waals surface area contributed by atoms with Gasteiger partial charge in [0.1, 0.15) is 18.0 Å². The normalized spacial score (nSPS) is 15.7. The van der Waals surface area contributed by atoms with E-state index < -0.39 is 0 Å². The fourth-order valence-electron chi connectivity index (χ4n) is 3.48. The SMILES string of the molecule is CCNC(=NCCn1cnnc1CC)NC1CCN(c2cccc(F)c2)CC1. The second-order valence-electron chi connectivity index (χ2n) is 6.94. The van der Waals surface area contributed by atoms with Crippen molar-refractivity contribution in [1.82, 2.24) is 25.4 Å². The maximum Gasteiger partial charge on any atom is 0.191 e.